The Morgan fingerprint density at radius 1 is 1.19 bits per heavy atom. The molecule has 1 aromatic carbocycles. The van der Waals surface area contributed by atoms with Gasteiger partial charge in [-0.2, -0.15) is 0 Å². The maximum absolute atomic E-state index is 4.45. The molecule has 2 atom stereocenters. The molecule has 0 aliphatic heterocycles. The van der Waals surface area contributed by atoms with Gasteiger partial charge >= 0.3 is 0 Å². The summed E-state index contributed by atoms with van der Waals surface area (Å²) >= 11 is 0. The fourth-order valence-electron chi connectivity index (χ4n) is 3.48. The molecule has 0 amide bonds. The van der Waals surface area contributed by atoms with Gasteiger partial charge in [0, 0.05) is 11.9 Å². The van der Waals surface area contributed by atoms with Crippen molar-refractivity contribution >= 4 is 11.8 Å². The summed E-state index contributed by atoms with van der Waals surface area (Å²) < 4.78 is 0. The highest BCUT2D eigenvalue weighted by molar-refractivity contribution is 5.69. The molecule has 0 aliphatic rings. The van der Waals surface area contributed by atoms with E-state index in [1.807, 2.05) is 13.1 Å². The van der Waals surface area contributed by atoms with Gasteiger partial charge in [0.1, 0.15) is 0 Å². The molecule has 0 fully saturated rings. The Kier molecular flexibility index (Phi) is 10.7. The monoisotopic (exact) mass is 365 g/mol. The van der Waals surface area contributed by atoms with Crippen molar-refractivity contribution in [3.05, 3.63) is 65.4 Å². The molecule has 148 valence electrons. The van der Waals surface area contributed by atoms with Gasteiger partial charge in [-0.05, 0) is 75.5 Å². The summed E-state index contributed by atoms with van der Waals surface area (Å²) in [5, 5.41) is 0. The van der Waals surface area contributed by atoms with Gasteiger partial charge in [-0.1, -0.05) is 75.3 Å². The number of rotatable bonds is 11. The number of benzene rings is 1. The number of aliphatic imine (C=N–C) groups is 1. The van der Waals surface area contributed by atoms with Crippen LogP contribution < -0.4 is 0 Å². The highest BCUT2D eigenvalue weighted by Gasteiger charge is 2.15. The minimum Gasteiger partial charge on any atom is -0.266 e. The normalized spacial score (nSPS) is 15.2. The lowest BCUT2D eigenvalue weighted by Gasteiger charge is -2.22. The highest BCUT2D eigenvalue weighted by atomic mass is 14.7. The summed E-state index contributed by atoms with van der Waals surface area (Å²) in [6.45, 7) is 17.4. The third-order valence-electron chi connectivity index (χ3n) is 5.49. The van der Waals surface area contributed by atoms with Crippen molar-refractivity contribution in [1.29, 1.82) is 0 Å². The predicted octanol–water partition coefficient (Wildman–Crippen LogP) is 8.04. The average Bonchev–Trinajstić information content (AvgIpc) is 2.68. The van der Waals surface area contributed by atoms with Gasteiger partial charge in [0.05, 0.1) is 0 Å². The maximum Gasteiger partial charge on any atom is 0.0403 e. The van der Waals surface area contributed by atoms with Gasteiger partial charge in [0.15, 0.2) is 0 Å². The average molecular weight is 366 g/mol. The van der Waals surface area contributed by atoms with Crippen molar-refractivity contribution in [1.82, 2.24) is 0 Å². The Balaban J connectivity index is 2.86. The molecule has 0 N–H and O–H groups in total. The topological polar surface area (TPSA) is 12.4 Å². The van der Waals surface area contributed by atoms with E-state index in [4.69, 9.17) is 0 Å². The van der Waals surface area contributed by atoms with E-state index in [1.165, 1.54) is 41.5 Å². The largest absolute Gasteiger partial charge is 0.266 e. The van der Waals surface area contributed by atoms with Crippen LogP contribution in [0.5, 0.6) is 0 Å². The van der Waals surface area contributed by atoms with E-state index in [0.717, 1.165) is 18.5 Å². The van der Waals surface area contributed by atoms with Crippen LogP contribution in [0.3, 0.4) is 0 Å². The SMILES string of the molecule is C=C(C(C)CCCC)C(/C=C\C)CCc1cccc(/C(C)=C(\C)N=CC)c1. The van der Waals surface area contributed by atoms with Crippen molar-refractivity contribution in [2.24, 2.45) is 16.8 Å². The molecule has 0 saturated carbocycles. The molecule has 0 heterocycles. The van der Waals surface area contributed by atoms with Crippen LogP contribution >= 0.6 is 0 Å². The summed E-state index contributed by atoms with van der Waals surface area (Å²) in [4.78, 5) is 4.43. The second-order valence-corrected chi connectivity index (χ2v) is 7.59. The third-order valence-corrected chi connectivity index (χ3v) is 5.49. The lowest BCUT2D eigenvalue weighted by Crippen LogP contribution is -2.10. The molecule has 0 spiro atoms. The minimum absolute atomic E-state index is 0.466. The van der Waals surface area contributed by atoms with Gasteiger partial charge in [0.25, 0.3) is 0 Å². The van der Waals surface area contributed by atoms with E-state index in [0.29, 0.717) is 11.8 Å². The van der Waals surface area contributed by atoms with Gasteiger partial charge < -0.3 is 0 Å². The van der Waals surface area contributed by atoms with Gasteiger partial charge in [-0.15, -0.1) is 0 Å². The lowest BCUT2D eigenvalue weighted by molar-refractivity contribution is 0.511. The molecule has 0 bridgehead atoms. The second-order valence-electron chi connectivity index (χ2n) is 7.59. The van der Waals surface area contributed by atoms with E-state index < -0.39 is 0 Å². The van der Waals surface area contributed by atoms with Crippen LogP contribution in [0.1, 0.15) is 78.4 Å². The van der Waals surface area contributed by atoms with Crippen LogP contribution in [0.2, 0.25) is 0 Å². The number of allylic oxidation sites excluding steroid dienone is 5. The summed E-state index contributed by atoms with van der Waals surface area (Å²) in [7, 11) is 0. The van der Waals surface area contributed by atoms with Crippen molar-refractivity contribution in [3.63, 3.8) is 0 Å². The fraction of sp³-hybridized carbons (Fsp3) is 0.500. The van der Waals surface area contributed by atoms with Gasteiger partial charge in [0.2, 0.25) is 0 Å². The van der Waals surface area contributed by atoms with E-state index in [1.54, 1.807) is 0 Å². The standard InChI is InChI=1S/C26H39N/c1-8-11-14-20(4)21(5)25(13-9-2)18-17-24-15-12-16-26(19-24)22(6)23(7)27-10-3/h9-10,12-13,15-16,19-20,25H,5,8,11,14,17-18H2,1-4,6-7H3/b13-9-,23-22+,27-10?. The van der Waals surface area contributed by atoms with Crippen LogP contribution in [-0.2, 0) is 6.42 Å². The summed E-state index contributed by atoms with van der Waals surface area (Å²) in [6.07, 6.45) is 12.4. The van der Waals surface area contributed by atoms with Crippen molar-refractivity contribution in [2.45, 2.75) is 73.6 Å². The molecule has 0 aromatic heterocycles. The van der Waals surface area contributed by atoms with Crippen molar-refractivity contribution in [3.8, 4) is 0 Å². The van der Waals surface area contributed by atoms with E-state index in [2.05, 4.69) is 82.6 Å². The molecule has 1 aromatic rings. The molecule has 1 heteroatoms. The van der Waals surface area contributed by atoms with Gasteiger partial charge in [-0.25, -0.2) is 0 Å². The molecule has 0 saturated heterocycles. The highest BCUT2D eigenvalue weighted by Crippen LogP contribution is 2.28. The molecule has 0 radical (unpaired) electrons. The van der Waals surface area contributed by atoms with Gasteiger partial charge in [-0.3, -0.25) is 4.99 Å². The molecular weight excluding hydrogens is 326 g/mol. The quantitative estimate of drug-likeness (QED) is 0.278. The summed E-state index contributed by atoms with van der Waals surface area (Å²) in [5.74, 6) is 1.06. The first-order valence-corrected chi connectivity index (χ1v) is 10.5. The smallest absolute Gasteiger partial charge is 0.0403 e. The fourth-order valence-corrected chi connectivity index (χ4v) is 3.48. The van der Waals surface area contributed by atoms with Crippen LogP contribution in [0.25, 0.3) is 5.57 Å². The number of nitrogens with zero attached hydrogens (tertiary/aromatic N) is 1. The van der Waals surface area contributed by atoms with E-state index >= 15 is 0 Å². The minimum atomic E-state index is 0.466. The molecule has 1 nitrogen and oxygen atoms in total. The van der Waals surface area contributed by atoms with Crippen LogP contribution in [0, 0.1) is 11.8 Å². The first-order valence-electron chi connectivity index (χ1n) is 10.5. The molecular formula is C26H39N. The zero-order valence-corrected chi connectivity index (χ0v) is 18.4. The number of unbranched alkanes of at least 4 members (excludes halogenated alkanes) is 1. The zero-order chi connectivity index (χ0) is 20.2. The van der Waals surface area contributed by atoms with Crippen LogP contribution in [0.15, 0.2) is 59.3 Å². The molecule has 0 aliphatic carbocycles. The van der Waals surface area contributed by atoms with E-state index in [-0.39, 0.29) is 0 Å². The van der Waals surface area contributed by atoms with E-state index in [9.17, 15) is 0 Å². The lowest BCUT2D eigenvalue weighted by atomic mass is 9.83. The Labute approximate surface area is 168 Å². The number of hydrogen-bond donors (Lipinski definition) is 0. The predicted molar refractivity (Wildman–Crippen MR) is 123 cm³/mol. The Morgan fingerprint density at radius 3 is 2.56 bits per heavy atom. The summed E-state index contributed by atoms with van der Waals surface area (Å²) in [6, 6.07) is 8.91. The summed E-state index contributed by atoms with van der Waals surface area (Å²) in [5.41, 5.74) is 6.39. The zero-order valence-electron chi connectivity index (χ0n) is 18.4. The number of aryl methyl sites for hydroxylation is 1. The van der Waals surface area contributed by atoms with Crippen LogP contribution in [-0.4, -0.2) is 6.21 Å². The number of hydrogen-bond acceptors (Lipinski definition) is 1. The van der Waals surface area contributed by atoms with Crippen LogP contribution in [0.4, 0.5) is 0 Å². The molecule has 2 unspecified atom stereocenters. The Hall–Kier alpha value is -1.89. The molecule has 27 heavy (non-hydrogen) atoms. The second kappa shape index (κ2) is 12.5. The maximum atomic E-state index is 4.45. The Morgan fingerprint density at radius 2 is 1.93 bits per heavy atom. The third kappa shape index (κ3) is 7.71. The van der Waals surface area contributed by atoms with Crippen molar-refractivity contribution < 1.29 is 0 Å². The molecule has 1 rings (SSSR count). The first-order chi connectivity index (χ1) is 12.9. The Bertz CT molecular complexity index is 675. The van der Waals surface area contributed by atoms with Crippen molar-refractivity contribution in [2.75, 3.05) is 0 Å². The first kappa shape index (κ1) is 23.1.